The van der Waals surface area contributed by atoms with E-state index in [9.17, 15) is 4.79 Å². The Balaban J connectivity index is 1.46. The van der Waals surface area contributed by atoms with Gasteiger partial charge in [-0.05, 0) is 42.3 Å². The van der Waals surface area contributed by atoms with Gasteiger partial charge in [0.15, 0.2) is 0 Å². The summed E-state index contributed by atoms with van der Waals surface area (Å²) < 4.78 is 10.8. The summed E-state index contributed by atoms with van der Waals surface area (Å²) in [6.07, 6.45) is 0.693. The lowest BCUT2D eigenvalue weighted by molar-refractivity contribution is -0.120. The van der Waals surface area contributed by atoms with Crippen LogP contribution in [-0.4, -0.2) is 45.8 Å². The second-order valence-electron chi connectivity index (χ2n) is 8.57. The third-order valence-corrected chi connectivity index (χ3v) is 6.72. The number of nitrogens with zero attached hydrogens (tertiary/aromatic N) is 2. The summed E-state index contributed by atoms with van der Waals surface area (Å²) in [6, 6.07) is 24.2. The Bertz CT molecular complexity index is 1130. The Morgan fingerprint density at radius 2 is 1.70 bits per heavy atom. The molecular weight excluding hydrogens is 414 g/mol. The third-order valence-electron chi connectivity index (χ3n) is 6.72. The summed E-state index contributed by atoms with van der Waals surface area (Å²) in [4.78, 5) is 18.4. The first-order valence-corrected chi connectivity index (χ1v) is 11.3. The summed E-state index contributed by atoms with van der Waals surface area (Å²) in [5, 5.41) is 3.14. The highest BCUT2D eigenvalue weighted by Crippen LogP contribution is 2.39. The van der Waals surface area contributed by atoms with E-state index in [4.69, 9.17) is 9.47 Å². The lowest BCUT2D eigenvalue weighted by Crippen LogP contribution is -2.60. The van der Waals surface area contributed by atoms with Crippen molar-refractivity contribution in [2.24, 2.45) is 5.92 Å². The summed E-state index contributed by atoms with van der Waals surface area (Å²) in [7, 11) is 3.32. The predicted molar refractivity (Wildman–Crippen MR) is 132 cm³/mol. The fourth-order valence-electron chi connectivity index (χ4n) is 5.01. The number of anilines is 3. The molecule has 2 aliphatic rings. The summed E-state index contributed by atoms with van der Waals surface area (Å²) in [5.74, 6) is 1.43. The molecule has 2 unspecified atom stereocenters. The molecule has 0 spiro atoms. The van der Waals surface area contributed by atoms with Crippen molar-refractivity contribution in [1.29, 1.82) is 0 Å². The first-order valence-electron chi connectivity index (χ1n) is 11.3. The zero-order valence-electron chi connectivity index (χ0n) is 19.0. The fraction of sp³-hybridized carbons (Fsp3) is 0.296. The molecule has 2 heterocycles. The smallest absolute Gasteiger partial charge is 0.229 e. The minimum Gasteiger partial charge on any atom is -0.497 e. The van der Waals surface area contributed by atoms with Gasteiger partial charge in [0.2, 0.25) is 5.91 Å². The fourth-order valence-corrected chi connectivity index (χ4v) is 5.01. The van der Waals surface area contributed by atoms with Gasteiger partial charge in [-0.25, -0.2) is 0 Å². The van der Waals surface area contributed by atoms with Crippen LogP contribution < -0.4 is 24.6 Å². The monoisotopic (exact) mass is 443 g/mol. The maximum atomic E-state index is 13.6. The molecule has 5 rings (SSSR count). The SMILES string of the molecule is COc1cccc(NC(=O)C2Cc3ccc(OC)cc3N3CCN(c4ccccc4)CC23)c1. The molecule has 6 nitrogen and oxygen atoms in total. The molecule has 33 heavy (non-hydrogen) atoms. The quantitative estimate of drug-likeness (QED) is 0.640. The van der Waals surface area contributed by atoms with Crippen LogP contribution in [0.2, 0.25) is 0 Å². The van der Waals surface area contributed by atoms with Crippen LogP contribution in [0.25, 0.3) is 0 Å². The van der Waals surface area contributed by atoms with Crippen LogP contribution in [0.1, 0.15) is 5.56 Å². The topological polar surface area (TPSA) is 54.0 Å². The number of carbonyl (C=O) groups is 1. The Hall–Kier alpha value is -3.67. The Morgan fingerprint density at radius 3 is 2.48 bits per heavy atom. The number of ether oxygens (including phenoxy) is 2. The van der Waals surface area contributed by atoms with E-state index in [1.807, 2.05) is 36.4 Å². The molecule has 0 radical (unpaired) electrons. The molecule has 0 aliphatic carbocycles. The van der Waals surface area contributed by atoms with E-state index >= 15 is 0 Å². The number of methoxy groups -OCH3 is 2. The summed E-state index contributed by atoms with van der Waals surface area (Å²) in [6.45, 7) is 2.54. The number of rotatable bonds is 5. The Labute approximate surface area is 194 Å². The third kappa shape index (κ3) is 4.21. The number of piperazine rings is 1. The van der Waals surface area contributed by atoms with E-state index in [0.717, 1.165) is 36.8 Å². The van der Waals surface area contributed by atoms with Crippen LogP contribution in [0, 0.1) is 5.92 Å². The van der Waals surface area contributed by atoms with Crippen molar-refractivity contribution in [2.45, 2.75) is 12.5 Å². The predicted octanol–water partition coefficient (Wildman–Crippen LogP) is 4.21. The van der Waals surface area contributed by atoms with Crippen molar-refractivity contribution in [3.05, 3.63) is 78.4 Å². The van der Waals surface area contributed by atoms with Crippen LogP contribution in [-0.2, 0) is 11.2 Å². The van der Waals surface area contributed by atoms with E-state index in [2.05, 4.69) is 51.5 Å². The van der Waals surface area contributed by atoms with Crippen molar-refractivity contribution < 1.29 is 14.3 Å². The molecule has 1 amide bonds. The van der Waals surface area contributed by atoms with E-state index in [1.54, 1.807) is 14.2 Å². The van der Waals surface area contributed by atoms with Crippen molar-refractivity contribution in [1.82, 2.24) is 0 Å². The number of hydrogen-bond donors (Lipinski definition) is 1. The number of fused-ring (bicyclic) bond motifs is 3. The van der Waals surface area contributed by atoms with Gasteiger partial charge < -0.3 is 24.6 Å². The number of amides is 1. The van der Waals surface area contributed by atoms with Gasteiger partial charge in [0.25, 0.3) is 0 Å². The number of nitrogens with one attached hydrogen (secondary N) is 1. The first kappa shape index (κ1) is 21.2. The average molecular weight is 444 g/mol. The molecule has 6 heteroatoms. The molecule has 0 bridgehead atoms. The molecule has 1 saturated heterocycles. The van der Waals surface area contributed by atoms with Crippen molar-refractivity contribution in [3.8, 4) is 11.5 Å². The molecule has 0 aromatic heterocycles. The molecule has 1 N–H and O–H groups in total. The van der Waals surface area contributed by atoms with Gasteiger partial charge in [0.1, 0.15) is 11.5 Å². The average Bonchev–Trinajstić information content (AvgIpc) is 2.88. The molecule has 0 saturated carbocycles. The standard InChI is InChI=1S/C27H29N3O3/c1-32-22-10-6-7-20(16-22)28-27(31)24-15-19-11-12-23(33-2)17-25(19)30-14-13-29(18-26(24)30)21-8-4-3-5-9-21/h3-12,16-17,24,26H,13-15,18H2,1-2H3,(H,28,31). The maximum absolute atomic E-state index is 13.6. The Morgan fingerprint density at radius 1 is 0.909 bits per heavy atom. The highest BCUT2D eigenvalue weighted by Gasteiger charge is 2.41. The zero-order chi connectivity index (χ0) is 22.8. The van der Waals surface area contributed by atoms with Gasteiger partial charge >= 0.3 is 0 Å². The van der Waals surface area contributed by atoms with Crippen LogP contribution >= 0.6 is 0 Å². The lowest BCUT2D eigenvalue weighted by atomic mass is 9.83. The largest absolute Gasteiger partial charge is 0.497 e. The van der Waals surface area contributed by atoms with Gasteiger partial charge in [-0.3, -0.25) is 4.79 Å². The van der Waals surface area contributed by atoms with Gasteiger partial charge in [-0.15, -0.1) is 0 Å². The molecule has 170 valence electrons. The first-order chi connectivity index (χ1) is 16.2. The number of para-hydroxylation sites is 1. The van der Waals surface area contributed by atoms with Gasteiger partial charge in [-0.2, -0.15) is 0 Å². The van der Waals surface area contributed by atoms with Crippen molar-refractivity contribution >= 4 is 23.0 Å². The van der Waals surface area contributed by atoms with Gasteiger partial charge in [0, 0.05) is 48.8 Å². The van der Waals surface area contributed by atoms with E-state index in [-0.39, 0.29) is 17.9 Å². The molecule has 3 aromatic carbocycles. The van der Waals surface area contributed by atoms with Crippen LogP contribution in [0.5, 0.6) is 11.5 Å². The molecule has 1 fully saturated rings. The van der Waals surface area contributed by atoms with E-state index in [0.29, 0.717) is 6.42 Å². The Kier molecular flexibility index (Phi) is 5.82. The summed E-state index contributed by atoms with van der Waals surface area (Å²) >= 11 is 0. The van der Waals surface area contributed by atoms with Crippen LogP contribution in [0.3, 0.4) is 0 Å². The zero-order valence-corrected chi connectivity index (χ0v) is 19.0. The van der Waals surface area contributed by atoms with E-state index in [1.165, 1.54) is 16.9 Å². The minimum atomic E-state index is -0.177. The highest BCUT2D eigenvalue weighted by atomic mass is 16.5. The maximum Gasteiger partial charge on any atom is 0.229 e. The molecule has 2 atom stereocenters. The normalized spacial score (nSPS) is 19.3. The number of carbonyl (C=O) groups excluding carboxylic acids is 1. The van der Waals surface area contributed by atoms with E-state index < -0.39 is 0 Å². The van der Waals surface area contributed by atoms with Crippen molar-refractivity contribution in [3.63, 3.8) is 0 Å². The number of benzene rings is 3. The molecule has 3 aromatic rings. The second-order valence-corrected chi connectivity index (χ2v) is 8.57. The van der Waals surface area contributed by atoms with Crippen molar-refractivity contribution in [2.75, 3.05) is 49.0 Å². The van der Waals surface area contributed by atoms with Gasteiger partial charge in [-0.1, -0.05) is 30.3 Å². The lowest BCUT2D eigenvalue weighted by Gasteiger charge is -2.49. The van der Waals surface area contributed by atoms with Gasteiger partial charge in [0.05, 0.1) is 26.2 Å². The molecule has 2 aliphatic heterocycles. The highest BCUT2D eigenvalue weighted by molar-refractivity contribution is 5.94. The molecular formula is C27H29N3O3. The van der Waals surface area contributed by atoms with Crippen LogP contribution in [0.4, 0.5) is 17.1 Å². The van der Waals surface area contributed by atoms with Crippen LogP contribution in [0.15, 0.2) is 72.8 Å². The second kappa shape index (κ2) is 9.06. The summed E-state index contributed by atoms with van der Waals surface area (Å²) in [5.41, 5.74) is 4.31. The minimum absolute atomic E-state index is 0.0367. The number of hydrogen-bond acceptors (Lipinski definition) is 5.